The molecule has 1 saturated heterocycles. The summed E-state index contributed by atoms with van der Waals surface area (Å²) in [7, 11) is 0. The molecule has 0 bridgehead atoms. The molecule has 192 valence electrons. The van der Waals surface area contributed by atoms with Gasteiger partial charge in [-0.15, -0.1) is 0 Å². The predicted molar refractivity (Wildman–Crippen MR) is 137 cm³/mol. The third-order valence-electron chi connectivity index (χ3n) is 7.06. The van der Waals surface area contributed by atoms with Gasteiger partial charge in [0.15, 0.2) is 11.6 Å². The van der Waals surface area contributed by atoms with Crippen LogP contribution in [-0.2, 0) is 11.3 Å². The second-order valence-corrected chi connectivity index (χ2v) is 9.46. The van der Waals surface area contributed by atoms with Crippen LogP contribution in [0.3, 0.4) is 0 Å². The van der Waals surface area contributed by atoms with E-state index in [2.05, 4.69) is 30.1 Å². The Hall–Kier alpha value is -3.28. The van der Waals surface area contributed by atoms with E-state index >= 15 is 0 Å². The maximum atomic E-state index is 14.9. The summed E-state index contributed by atoms with van der Waals surface area (Å²) in [6.07, 6.45) is 7.49. The molecule has 1 aliphatic heterocycles. The molecule has 3 aromatic heterocycles. The predicted octanol–water partition coefficient (Wildman–Crippen LogP) is 2.43. The van der Waals surface area contributed by atoms with Gasteiger partial charge in [-0.1, -0.05) is 12.8 Å². The Labute approximate surface area is 209 Å². The summed E-state index contributed by atoms with van der Waals surface area (Å²) in [5, 5.41) is 7.21. The van der Waals surface area contributed by atoms with E-state index in [-0.39, 0.29) is 29.3 Å². The summed E-state index contributed by atoms with van der Waals surface area (Å²) in [5.41, 5.74) is 13.3. The average molecular weight is 497 g/mol. The molecule has 4 heterocycles. The molecule has 0 radical (unpaired) electrons. The molecule has 2 aliphatic rings. The van der Waals surface area contributed by atoms with Crippen LogP contribution in [-0.4, -0.2) is 70.3 Å². The minimum Gasteiger partial charge on any atom is -0.379 e. The summed E-state index contributed by atoms with van der Waals surface area (Å²) in [5.74, 6) is -1.16. The van der Waals surface area contributed by atoms with Gasteiger partial charge in [0.05, 0.1) is 24.5 Å². The molecule has 10 nitrogen and oxygen atoms in total. The van der Waals surface area contributed by atoms with Gasteiger partial charge >= 0.3 is 0 Å². The standard InChI is InChI=1S/C25H33FN8O2/c26-18-15-17(22(28)35)23(32-24(18)31-21-4-2-1-3-19(21)27)30-20-5-7-29-25-16(20)6-8-34(25)10-9-33-11-13-36-14-12-33/h5-8,15,19,21H,1-4,9-14,27H2,(H2,28,35)(H2,29,30,31,32). The average Bonchev–Trinajstić information content (AvgIpc) is 3.30. The number of fused-ring (bicyclic) bond motifs is 1. The third-order valence-corrected chi connectivity index (χ3v) is 7.06. The molecule has 5 rings (SSSR count). The highest BCUT2D eigenvalue weighted by Gasteiger charge is 2.25. The van der Waals surface area contributed by atoms with Crippen LogP contribution in [0, 0.1) is 5.82 Å². The van der Waals surface area contributed by atoms with Crippen molar-refractivity contribution in [1.29, 1.82) is 0 Å². The van der Waals surface area contributed by atoms with Crippen LogP contribution in [0.15, 0.2) is 30.6 Å². The first kappa shape index (κ1) is 24.4. The van der Waals surface area contributed by atoms with Crippen molar-refractivity contribution in [2.45, 2.75) is 44.3 Å². The first-order chi connectivity index (χ1) is 17.5. The van der Waals surface area contributed by atoms with Crippen molar-refractivity contribution in [3.63, 3.8) is 0 Å². The Morgan fingerprint density at radius 3 is 2.75 bits per heavy atom. The van der Waals surface area contributed by atoms with Crippen molar-refractivity contribution >= 4 is 34.3 Å². The number of halogens is 1. The number of hydrogen-bond acceptors (Lipinski definition) is 8. The number of rotatable bonds is 8. The quantitative estimate of drug-likeness (QED) is 0.373. The van der Waals surface area contributed by atoms with Gasteiger partial charge in [-0.05, 0) is 31.0 Å². The van der Waals surface area contributed by atoms with Crippen LogP contribution >= 0.6 is 0 Å². The first-order valence-electron chi connectivity index (χ1n) is 12.5. The molecule has 2 fully saturated rings. The molecule has 11 heteroatoms. The van der Waals surface area contributed by atoms with E-state index in [4.69, 9.17) is 16.2 Å². The van der Waals surface area contributed by atoms with Crippen molar-refractivity contribution < 1.29 is 13.9 Å². The SMILES string of the molecule is NC(=O)c1cc(F)c(NC2CCCCC2N)nc1Nc1ccnc2c1ccn2CCN1CCOCC1. The number of pyridine rings is 2. The summed E-state index contributed by atoms with van der Waals surface area (Å²) in [4.78, 5) is 23.5. The lowest BCUT2D eigenvalue weighted by Gasteiger charge is -2.30. The molecule has 2 unspecified atom stereocenters. The van der Waals surface area contributed by atoms with Crippen molar-refractivity contribution in [2.75, 3.05) is 43.5 Å². The first-order valence-corrected chi connectivity index (χ1v) is 12.5. The molecule has 6 N–H and O–H groups in total. The Bertz CT molecular complexity index is 1230. The van der Waals surface area contributed by atoms with Crippen molar-refractivity contribution in [1.82, 2.24) is 19.4 Å². The van der Waals surface area contributed by atoms with Crippen LogP contribution in [0.1, 0.15) is 36.0 Å². The number of carbonyl (C=O) groups is 1. The van der Waals surface area contributed by atoms with Crippen LogP contribution < -0.4 is 22.1 Å². The van der Waals surface area contributed by atoms with E-state index in [0.717, 1.165) is 82.2 Å². The van der Waals surface area contributed by atoms with Gasteiger partial charge in [-0.3, -0.25) is 9.69 Å². The number of hydrogen-bond donors (Lipinski definition) is 4. The van der Waals surface area contributed by atoms with Gasteiger partial charge < -0.3 is 31.4 Å². The van der Waals surface area contributed by atoms with Gasteiger partial charge in [0.1, 0.15) is 11.5 Å². The molecular weight excluding hydrogens is 463 g/mol. The minimum atomic E-state index is -0.766. The number of nitrogens with two attached hydrogens (primary N) is 2. The normalized spacial score (nSPS) is 20.9. The molecule has 0 spiro atoms. The number of aromatic nitrogens is 3. The van der Waals surface area contributed by atoms with Gasteiger partial charge in [-0.25, -0.2) is 14.4 Å². The van der Waals surface area contributed by atoms with E-state index in [1.54, 1.807) is 12.3 Å². The minimum absolute atomic E-state index is 0.0253. The van der Waals surface area contributed by atoms with Crippen molar-refractivity contribution in [2.24, 2.45) is 11.5 Å². The highest BCUT2D eigenvalue weighted by molar-refractivity contribution is 6.00. The van der Waals surface area contributed by atoms with Gasteiger partial charge in [0.25, 0.3) is 5.91 Å². The van der Waals surface area contributed by atoms with Gasteiger partial charge in [-0.2, -0.15) is 0 Å². The number of amides is 1. The zero-order valence-corrected chi connectivity index (χ0v) is 20.3. The fourth-order valence-electron chi connectivity index (χ4n) is 4.97. The molecule has 36 heavy (non-hydrogen) atoms. The van der Waals surface area contributed by atoms with Crippen LogP contribution in [0.4, 0.5) is 21.7 Å². The molecular formula is C25H33FN8O2. The van der Waals surface area contributed by atoms with Crippen molar-refractivity contribution in [3.8, 4) is 0 Å². The summed E-state index contributed by atoms with van der Waals surface area (Å²) in [6, 6.07) is 4.73. The van der Waals surface area contributed by atoms with Gasteiger partial charge in [0.2, 0.25) is 0 Å². The topological polar surface area (TPSA) is 136 Å². The maximum absolute atomic E-state index is 14.9. The van der Waals surface area contributed by atoms with Crippen LogP contribution in [0.25, 0.3) is 11.0 Å². The smallest absolute Gasteiger partial charge is 0.252 e. The lowest BCUT2D eigenvalue weighted by atomic mass is 9.91. The number of nitrogens with zero attached hydrogens (tertiary/aromatic N) is 4. The Morgan fingerprint density at radius 2 is 1.97 bits per heavy atom. The number of nitrogens with one attached hydrogen (secondary N) is 2. The zero-order valence-electron chi connectivity index (χ0n) is 20.3. The van der Waals surface area contributed by atoms with Crippen molar-refractivity contribution in [3.05, 3.63) is 42.0 Å². The van der Waals surface area contributed by atoms with Crippen LogP contribution in [0.5, 0.6) is 0 Å². The molecule has 3 aromatic rings. The highest BCUT2D eigenvalue weighted by Crippen LogP contribution is 2.30. The summed E-state index contributed by atoms with van der Waals surface area (Å²) < 4.78 is 22.4. The largest absolute Gasteiger partial charge is 0.379 e. The molecule has 2 atom stereocenters. The fourth-order valence-corrected chi connectivity index (χ4v) is 4.97. The fraction of sp³-hybridized carbons (Fsp3) is 0.480. The maximum Gasteiger partial charge on any atom is 0.252 e. The number of primary amides is 1. The number of morpholine rings is 1. The monoisotopic (exact) mass is 496 g/mol. The second kappa shape index (κ2) is 10.8. The zero-order chi connectivity index (χ0) is 25.1. The second-order valence-electron chi connectivity index (χ2n) is 9.46. The van der Waals surface area contributed by atoms with E-state index < -0.39 is 11.7 Å². The van der Waals surface area contributed by atoms with Gasteiger partial charge in [0, 0.05) is 56.0 Å². The molecule has 1 aliphatic carbocycles. The summed E-state index contributed by atoms with van der Waals surface area (Å²) in [6.45, 7) is 5.05. The van der Waals surface area contributed by atoms with E-state index in [1.165, 1.54) is 0 Å². The highest BCUT2D eigenvalue weighted by atomic mass is 19.1. The van der Waals surface area contributed by atoms with E-state index in [0.29, 0.717) is 5.69 Å². The number of carbonyl (C=O) groups excluding carboxylic acids is 1. The lowest BCUT2D eigenvalue weighted by Crippen LogP contribution is -2.43. The number of anilines is 3. The number of ether oxygens (including phenoxy) is 1. The lowest BCUT2D eigenvalue weighted by molar-refractivity contribution is 0.0365. The Morgan fingerprint density at radius 1 is 1.17 bits per heavy atom. The van der Waals surface area contributed by atoms with E-state index in [9.17, 15) is 9.18 Å². The molecule has 0 aromatic carbocycles. The van der Waals surface area contributed by atoms with E-state index in [1.807, 2.05) is 12.3 Å². The third kappa shape index (κ3) is 5.28. The Kier molecular flexibility index (Phi) is 7.30. The molecule has 1 saturated carbocycles. The Balaban J connectivity index is 1.40. The summed E-state index contributed by atoms with van der Waals surface area (Å²) >= 11 is 0. The van der Waals surface area contributed by atoms with Crippen LogP contribution in [0.2, 0.25) is 0 Å². The molecule has 1 amide bonds.